The lowest BCUT2D eigenvalue weighted by molar-refractivity contribution is 0.0693. The van der Waals surface area contributed by atoms with Crippen LogP contribution in [0, 0.1) is 0 Å². The van der Waals surface area contributed by atoms with Crippen molar-refractivity contribution in [1.29, 1.82) is 0 Å². The van der Waals surface area contributed by atoms with Crippen LogP contribution < -0.4 is 14.8 Å². The van der Waals surface area contributed by atoms with Gasteiger partial charge in [-0.2, -0.15) is 0 Å². The van der Waals surface area contributed by atoms with E-state index >= 15 is 0 Å². The van der Waals surface area contributed by atoms with Crippen LogP contribution in [0.25, 0.3) is 0 Å². The smallest absolute Gasteiger partial charge is 0.335 e. The van der Waals surface area contributed by atoms with Gasteiger partial charge in [0.1, 0.15) is 11.5 Å². The van der Waals surface area contributed by atoms with E-state index in [0.29, 0.717) is 21.9 Å². The summed E-state index contributed by atoms with van der Waals surface area (Å²) in [5.74, 6) is -0.633. The van der Waals surface area contributed by atoms with Crippen LogP contribution in [0.1, 0.15) is 32.5 Å². The Morgan fingerprint density at radius 1 is 0.966 bits per heavy atom. The van der Waals surface area contributed by atoms with Crippen molar-refractivity contribution in [1.82, 2.24) is 5.32 Å². The maximum atomic E-state index is 12.8. The third kappa shape index (κ3) is 5.06. The quantitative estimate of drug-likeness (QED) is 0.557. The van der Waals surface area contributed by atoms with Gasteiger partial charge in [0.2, 0.25) is 0 Å². The number of halogens is 1. The van der Waals surface area contributed by atoms with E-state index in [1.165, 1.54) is 19.2 Å². The van der Waals surface area contributed by atoms with Gasteiger partial charge in [0, 0.05) is 5.56 Å². The third-order valence-corrected chi connectivity index (χ3v) is 4.44. The predicted molar refractivity (Wildman–Crippen MR) is 109 cm³/mol. The Labute approximate surface area is 172 Å². The molecule has 7 heteroatoms. The van der Waals surface area contributed by atoms with Gasteiger partial charge in [-0.25, -0.2) is 4.79 Å². The first kappa shape index (κ1) is 20.2. The van der Waals surface area contributed by atoms with Crippen molar-refractivity contribution in [2.24, 2.45) is 0 Å². The molecule has 0 aliphatic carbocycles. The fourth-order valence-corrected chi connectivity index (χ4v) is 2.89. The second-order valence-corrected chi connectivity index (χ2v) is 6.47. The third-order valence-electron chi connectivity index (χ3n) is 4.11. The highest BCUT2D eigenvalue weighted by atomic mass is 35.5. The highest BCUT2D eigenvalue weighted by Crippen LogP contribution is 2.25. The van der Waals surface area contributed by atoms with Crippen molar-refractivity contribution in [3.8, 4) is 11.5 Å². The second kappa shape index (κ2) is 9.12. The summed E-state index contributed by atoms with van der Waals surface area (Å²) in [6.07, 6.45) is -0.905. The number of nitrogens with one attached hydrogen (secondary N) is 1. The summed E-state index contributed by atoms with van der Waals surface area (Å²) >= 11 is 6.13. The monoisotopic (exact) mass is 411 g/mol. The van der Waals surface area contributed by atoms with Crippen molar-refractivity contribution in [2.45, 2.75) is 6.23 Å². The first-order chi connectivity index (χ1) is 14.0. The van der Waals surface area contributed by atoms with Gasteiger partial charge in [-0.15, -0.1) is 0 Å². The van der Waals surface area contributed by atoms with Crippen molar-refractivity contribution in [3.05, 3.63) is 94.5 Å². The molecule has 148 valence electrons. The summed E-state index contributed by atoms with van der Waals surface area (Å²) in [5, 5.41) is 12.3. The number of aromatic carboxylic acids is 1. The van der Waals surface area contributed by atoms with Gasteiger partial charge < -0.3 is 19.9 Å². The van der Waals surface area contributed by atoms with Crippen LogP contribution in [0.2, 0.25) is 5.02 Å². The van der Waals surface area contributed by atoms with Crippen molar-refractivity contribution in [3.63, 3.8) is 0 Å². The Morgan fingerprint density at radius 3 is 2.41 bits per heavy atom. The van der Waals surface area contributed by atoms with E-state index in [-0.39, 0.29) is 11.3 Å². The lowest BCUT2D eigenvalue weighted by atomic mass is 10.1. The number of hydrogen-bond donors (Lipinski definition) is 2. The Kier molecular flexibility index (Phi) is 6.36. The molecule has 0 aromatic heterocycles. The fraction of sp³-hybridized carbons (Fsp3) is 0.0909. The first-order valence-electron chi connectivity index (χ1n) is 8.67. The molecule has 3 aromatic rings. The molecule has 0 saturated carbocycles. The van der Waals surface area contributed by atoms with Gasteiger partial charge in [0.15, 0.2) is 6.23 Å². The molecule has 1 amide bonds. The minimum Gasteiger partial charge on any atom is -0.497 e. The maximum Gasteiger partial charge on any atom is 0.335 e. The summed E-state index contributed by atoms with van der Waals surface area (Å²) in [7, 11) is 1.54. The lowest BCUT2D eigenvalue weighted by Gasteiger charge is -2.22. The van der Waals surface area contributed by atoms with Crippen LogP contribution in [0.4, 0.5) is 0 Å². The molecular formula is C22H18ClNO5. The SMILES string of the molecule is COc1cccc(C(NC(=O)c2ccccc2Cl)Oc2cccc(C(=O)O)c2)c1. The van der Waals surface area contributed by atoms with Gasteiger partial charge in [-0.05, 0) is 42.5 Å². The number of amides is 1. The Balaban J connectivity index is 1.93. The summed E-state index contributed by atoms with van der Waals surface area (Å²) in [6.45, 7) is 0. The molecule has 0 heterocycles. The molecular weight excluding hydrogens is 394 g/mol. The molecule has 3 aromatic carbocycles. The van der Waals surface area contributed by atoms with E-state index in [2.05, 4.69) is 5.32 Å². The van der Waals surface area contributed by atoms with Gasteiger partial charge in [0.05, 0.1) is 23.3 Å². The van der Waals surface area contributed by atoms with E-state index in [0.717, 1.165) is 0 Å². The molecule has 0 saturated heterocycles. The largest absolute Gasteiger partial charge is 0.497 e. The van der Waals surface area contributed by atoms with Crippen LogP contribution in [-0.2, 0) is 0 Å². The zero-order valence-corrected chi connectivity index (χ0v) is 16.2. The van der Waals surface area contributed by atoms with E-state index in [1.54, 1.807) is 60.7 Å². The van der Waals surface area contributed by atoms with E-state index in [9.17, 15) is 14.7 Å². The van der Waals surface area contributed by atoms with Crippen LogP contribution in [-0.4, -0.2) is 24.1 Å². The molecule has 0 aliphatic heterocycles. The van der Waals surface area contributed by atoms with Crippen LogP contribution >= 0.6 is 11.6 Å². The number of carbonyl (C=O) groups excluding carboxylic acids is 1. The highest BCUT2D eigenvalue weighted by Gasteiger charge is 2.20. The maximum absolute atomic E-state index is 12.8. The molecule has 0 aliphatic rings. The number of carbonyl (C=O) groups is 2. The van der Waals surface area contributed by atoms with E-state index in [1.807, 2.05) is 0 Å². The van der Waals surface area contributed by atoms with Gasteiger partial charge in [-0.3, -0.25) is 4.79 Å². The molecule has 2 N–H and O–H groups in total. The molecule has 3 rings (SSSR count). The number of methoxy groups -OCH3 is 1. The molecule has 1 atom stereocenters. The minimum absolute atomic E-state index is 0.0734. The molecule has 0 radical (unpaired) electrons. The highest BCUT2D eigenvalue weighted by molar-refractivity contribution is 6.33. The summed E-state index contributed by atoms with van der Waals surface area (Å²) in [6, 6.07) is 19.7. The standard InChI is InChI=1S/C22H18ClNO5/c1-28-16-8-4-6-14(12-16)21(24-20(25)18-10-2-3-11-19(18)23)29-17-9-5-7-15(13-17)22(26)27/h2-13,21H,1H3,(H,24,25)(H,26,27). The normalized spacial score (nSPS) is 11.4. The Hall–Kier alpha value is -3.51. The molecule has 0 bridgehead atoms. The number of ether oxygens (including phenoxy) is 2. The molecule has 1 unspecified atom stereocenters. The molecule has 29 heavy (non-hydrogen) atoms. The zero-order valence-electron chi connectivity index (χ0n) is 15.5. The van der Waals surface area contributed by atoms with Crippen molar-refractivity contribution < 1.29 is 24.2 Å². The zero-order chi connectivity index (χ0) is 20.8. The fourth-order valence-electron chi connectivity index (χ4n) is 2.67. The molecule has 6 nitrogen and oxygen atoms in total. The number of carboxylic acids is 1. The lowest BCUT2D eigenvalue weighted by Crippen LogP contribution is -2.32. The number of rotatable bonds is 7. The second-order valence-electron chi connectivity index (χ2n) is 6.06. The summed E-state index contributed by atoms with van der Waals surface area (Å²) in [4.78, 5) is 24.0. The van der Waals surface area contributed by atoms with Gasteiger partial charge >= 0.3 is 5.97 Å². The molecule has 0 fully saturated rings. The van der Waals surface area contributed by atoms with Gasteiger partial charge in [0.25, 0.3) is 5.91 Å². The first-order valence-corrected chi connectivity index (χ1v) is 9.05. The van der Waals surface area contributed by atoms with Gasteiger partial charge in [-0.1, -0.05) is 41.9 Å². The van der Waals surface area contributed by atoms with Crippen molar-refractivity contribution >= 4 is 23.5 Å². The van der Waals surface area contributed by atoms with Crippen LogP contribution in [0.5, 0.6) is 11.5 Å². The topological polar surface area (TPSA) is 84.9 Å². The van der Waals surface area contributed by atoms with Crippen LogP contribution in [0.3, 0.4) is 0 Å². The predicted octanol–water partition coefficient (Wildman–Crippen LogP) is 4.55. The number of carboxylic acid groups (broad SMARTS) is 1. The Bertz CT molecular complexity index is 1040. The average molecular weight is 412 g/mol. The minimum atomic E-state index is -1.08. The number of benzene rings is 3. The van der Waals surface area contributed by atoms with E-state index in [4.69, 9.17) is 21.1 Å². The number of hydrogen-bond acceptors (Lipinski definition) is 4. The van der Waals surface area contributed by atoms with Crippen LogP contribution in [0.15, 0.2) is 72.8 Å². The summed E-state index contributed by atoms with van der Waals surface area (Å²) < 4.78 is 11.2. The summed E-state index contributed by atoms with van der Waals surface area (Å²) in [5.41, 5.74) is 0.986. The van der Waals surface area contributed by atoms with Crippen molar-refractivity contribution in [2.75, 3.05) is 7.11 Å². The average Bonchev–Trinajstić information content (AvgIpc) is 2.73. The molecule has 0 spiro atoms. The van der Waals surface area contributed by atoms with E-state index < -0.39 is 18.1 Å². The Morgan fingerprint density at radius 2 is 1.69 bits per heavy atom.